The minimum Gasteiger partial charge on any atom is -0.497 e. The Morgan fingerprint density at radius 3 is 2.00 bits per heavy atom. The lowest BCUT2D eigenvalue weighted by molar-refractivity contribution is -0.130. The van der Waals surface area contributed by atoms with Gasteiger partial charge in [-0.25, -0.2) is 0 Å². The van der Waals surface area contributed by atoms with E-state index in [2.05, 4.69) is 16.0 Å². The summed E-state index contributed by atoms with van der Waals surface area (Å²) in [4.78, 5) is 38.8. The highest BCUT2D eigenvalue weighted by atomic mass is 16.5. The normalized spacial score (nSPS) is 13.1. The van der Waals surface area contributed by atoms with Gasteiger partial charge in [0.1, 0.15) is 11.8 Å². The lowest BCUT2D eigenvalue weighted by Crippen LogP contribution is -2.55. The maximum atomic E-state index is 13.4. The van der Waals surface area contributed by atoms with Crippen LogP contribution in [0.25, 0.3) is 0 Å². The van der Waals surface area contributed by atoms with Gasteiger partial charge in [-0.3, -0.25) is 14.4 Å². The average Bonchev–Trinajstić information content (AvgIpc) is 2.99. The van der Waals surface area contributed by atoms with E-state index in [1.165, 1.54) is 0 Å². The highest BCUT2D eigenvalue weighted by molar-refractivity contribution is 5.88. The molecule has 3 rings (SSSR count). The molecule has 3 amide bonds. The monoisotopic (exact) mass is 573 g/mol. The van der Waals surface area contributed by atoms with Crippen LogP contribution in [0.1, 0.15) is 43.4 Å². The van der Waals surface area contributed by atoms with E-state index in [9.17, 15) is 19.5 Å². The summed E-state index contributed by atoms with van der Waals surface area (Å²) in [7, 11) is 1.58. The van der Waals surface area contributed by atoms with E-state index < -0.39 is 18.2 Å². The number of aliphatic hydroxyl groups is 1. The van der Waals surface area contributed by atoms with Gasteiger partial charge in [0.2, 0.25) is 17.7 Å². The standard InChI is InChI=1S/C34H43N3O5/c1-24(2)33(37-32(40)23-27-14-16-28(42-3)17-15-27)34(41)36-29(22-26-12-8-5-9-13-26)30(38)18-19-31(39)35-21-20-25-10-6-4-7-11-25/h4-17,24,29-30,33,38H,18-23H2,1-3H3,(H,35,39)(H,36,41)(H,37,40). The van der Waals surface area contributed by atoms with Crippen molar-refractivity contribution in [2.75, 3.05) is 13.7 Å². The molecule has 0 saturated heterocycles. The topological polar surface area (TPSA) is 117 Å². The highest BCUT2D eigenvalue weighted by Gasteiger charge is 2.29. The van der Waals surface area contributed by atoms with Crippen LogP contribution in [0.4, 0.5) is 0 Å². The van der Waals surface area contributed by atoms with Gasteiger partial charge in [-0.2, -0.15) is 0 Å². The molecule has 0 heterocycles. The number of amides is 3. The predicted octanol–water partition coefficient (Wildman–Crippen LogP) is 3.61. The van der Waals surface area contributed by atoms with E-state index in [-0.39, 0.29) is 42.9 Å². The van der Waals surface area contributed by atoms with E-state index in [0.29, 0.717) is 18.7 Å². The zero-order chi connectivity index (χ0) is 30.3. The number of ether oxygens (including phenoxy) is 1. The number of methoxy groups -OCH3 is 1. The molecule has 3 unspecified atom stereocenters. The Labute approximate surface area is 248 Å². The van der Waals surface area contributed by atoms with Crippen LogP contribution in [0.3, 0.4) is 0 Å². The van der Waals surface area contributed by atoms with E-state index in [0.717, 1.165) is 23.1 Å². The molecule has 0 aliphatic heterocycles. The van der Waals surface area contributed by atoms with Crippen molar-refractivity contribution in [3.8, 4) is 5.75 Å². The summed E-state index contributed by atoms with van der Waals surface area (Å²) >= 11 is 0. The summed E-state index contributed by atoms with van der Waals surface area (Å²) in [6, 6.07) is 25.2. The molecule has 42 heavy (non-hydrogen) atoms. The molecule has 0 radical (unpaired) electrons. The van der Waals surface area contributed by atoms with Gasteiger partial charge in [0, 0.05) is 13.0 Å². The maximum Gasteiger partial charge on any atom is 0.243 e. The quantitative estimate of drug-likeness (QED) is 0.209. The van der Waals surface area contributed by atoms with Crippen molar-refractivity contribution in [2.45, 2.75) is 64.1 Å². The maximum absolute atomic E-state index is 13.4. The first-order chi connectivity index (χ1) is 20.2. The Balaban J connectivity index is 1.59. The van der Waals surface area contributed by atoms with Gasteiger partial charge in [-0.1, -0.05) is 86.6 Å². The minimum absolute atomic E-state index is 0.121. The lowest BCUT2D eigenvalue weighted by atomic mass is 9.96. The Kier molecular flexibility index (Phi) is 13.0. The average molecular weight is 574 g/mol. The Hall–Kier alpha value is -4.17. The van der Waals surface area contributed by atoms with Gasteiger partial charge in [0.05, 0.1) is 25.7 Å². The van der Waals surface area contributed by atoms with Crippen LogP contribution in [0, 0.1) is 5.92 Å². The van der Waals surface area contributed by atoms with E-state index in [4.69, 9.17) is 4.74 Å². The second kappa shape index (κ2) is 16.9. The number of rotatable bonds is 16. The third-order valence-electron chi connectivity index (χ3n) is 7.13. The van der Waals surface area contributed by atoms with Crippen LogP contribution in [0.15, 0.2) is 84.9 Å². The zero-order valence-electron chi connectivity index (χ0n) is 24.7. The van der Waals surface area contributed by atoms with Crippen molar-refractivity contribution < 1.29 is 24.2 Å². The molecule has 4 N–H and O–H groups in total. The highest BCUT2D eigenvalue weighted by Crippen LogP contribution is 2.14. The summed E-state index contributed by atoms with van der Waals surface area (Å²) in [6.45, 7) is 4.23. The van der Waals surface area contributed by atoms with Crippen LogP contribution < -0.4 is 20.7 Å². The fraction of sp³-hybridized carbons (Fsp3) is 0.382. The Bertz CT molecular complexity index is 1250. The third kappa shape index (κ3) is 11.0. The summed E-state index contributed by atoms with van der Waals surface area (Å²) in [5.74, 6) is -0.289. The molecule has 224 valence electrons. The van der Waals surface area contributed by atoms with Crippen molar-refractivity contribution in [1.82, 2.24) is 16.0 Å². The van der Waals surface area contributed by atoms with Gasteiger partial charge in [-0.05, 0) is 54.0 Å². The number of hydrogen-bond donors (Lipinski definition) is 4. The van der Waals surface area contributed by atoms with Crippen LogP contribution >= 0.6 is 0 Å². The minimum atomic E-state index is -0.961. The summed E-state index contributed by atoms with van der Waals surface area (Å²) in [5, 5.41) is 19.9. The molecule has 0 aliphatic rings. The SMILES string of the molecule is COc1ccc(CC(=O)NC(C(=O)NC(Cc2ccccc2)C(O)CCC(=O)NCCc2ccccc2)C(C)C)cc1. The smallest absolute Gasteiger partial charge is 0.243 e. The van der Waals surface area contributed by atoms with Crippen molar-refractivity contribution in [3.63, 3.8) is 0 Å². The number of hydrogen-bond acceptors (Lipinski definition) is 5. The number of aliphatic hydroxyl groups excluding tert-OH is 1. The number of benzene rings is 3. The van der Waals surface area contributed by atoms with Crippen molar-refractivity contribution in [3.05, 3.63) is 102 Å². The van der Waals surface area contributed by atoms with Gasteiger partial charge in [-0.15, -0.1) is 0 Å². The fourth-order valence-corrected chi connectivity index (χ4v) is 4.67. The predicted molar refractivity (Wildman–Crippen MR) is 164 cm³/mol. The first kappa shape index (κ1) is 32.3. The summed E-state index contributed by atoms with van der Waals surface area (Å²) in [6.07, 6.45) is 0.581. The summed E-state index contributed by atoms with van der Waals surface area (Å²) in [5.41, 5.74) is 2.88. The molecule has 3 aromatic rings. The Morgan fingerprint density at radius 1 is 0.786 bits per heavy atom. The molecular weight excluding hydrogens is 530 g/mol. The van der Waals surface area contributed by atoms with Crippen molar-refractivity contribution in [1.29, 1.82) is 0 Å². The van der Waals surface area contributed by atoms with E-state index in [1.807, 2.05) is 86.6 Å². The molecule has 0 bridgehead atoms. The molecular formula is C34H43N3O5. The van der Waals surface area contributed by atoms with Gasteiger partial charge in [0.15, 0.2) is 0 Å². The zero-order valence-corrected chi connectivity index (χ0v) is 24.7. The second-order valence-corrected chi connectivity index (χ2v) is 10.8. The van der Waals surface area contributed by atoms with Crippen LogP contribution in [0.5, 0.6) is 5.75 Å². The van der Waals surface area contributed by atoms with Crippen molar-refractivity contribution in [2.24, 2.45) is 5.92 Å². The Morgan fingerprint density at radius 2 is 1.40 bits per heavy atom. The molecule has 8 nitrogen and oxygen atoms in total. The third-order valence-corrected chi connectivity index (χ3v) is 7.13. The number of carbonyl (C=O) groups excluding carboxylic acids is 3. The first-order valence-corrected chi connectivity index (χ1v) is 14.5. The van der Waals surface area contributed by atoms with Crippen LogP contribution in [0.2, 0.25) is 0 Å². The lowest BCUT2D eigenvalue weighted by Gasteiger charge is -2.28. The van der Waals surface area contributed by atoms with Gasteiger partial charge in [0.25, 0.3) is 0 Å². The molecule has 0 saturated carbocycles. The molecule has 0 aromatic heterocycles. The van der Waals surface area contributed by atoms with Gasteiger partial charge < -0.3 is 25.8 Å². The molecule has 0 aliphatic carbocycles. The molecule has 0 spiro atoms. The van der Waals surface area contributed by atoms with Crippen molar-refractivity contribution >= 4 is 17.7 Å². The number of carbonyl (C=O) groups is 3. The van der Waals surface area contributed by atoms with Crippen LogP contribution in [-0.4, -0.2) is 54.7 Å². The first-order valence-electron chi connectivity index (χ1n) is 14.5. The summed E-state index contributed by atoms with van der Waals surface area (Å²) < 4.78 is 5.17. The number of nitrogens with one attached hydrogen (secondary N) is 3. The fourth-order valence-electron chi connectivity index (χ4n) is 4.67. The largest absolute Gasteiger partial charge is 0.497 e. The molecule has 3 atom stereocenters. The van der Waals surface area contributed by atoms with E-state index >= 15 is 0 Å². The second-order valence-electron chi connectivity index (χ2n) is 10.8. The molecule has 3 aromatic carbocycles. The molecule has 8 heteroatoms. The van der Waals surface area contributed by atoms with Crippen LogP contribution in [-0.2, 0) is 33.6 Å². The van der Waals surface area contributed by atoms with Gasteiger partial charge >= 0.3 is 0 Å². The molecule has 0 fully saturated rings. The van der Waals surface area contributed by atoms with E-state index in [1.54, 1.807) is 19.2 Å².